The highest BCUT2D eigenvalue weighted by atomic mass is 35.5. The van der Waals surface area contributed by atoms with E-state index in [-0.39, 0.29) is 16.4 Å². The van der Waals surface area contributed by atoms with Crippen molar-refractivity contribution in [2.75, 3.05) is 13.1 Å². The van der Waals surface area contributed by atoms with Gasteiger partial charge in [-0.2, -0.15) is 0 Å². The summed E-state index contributed by atoms with van der Waals surface area (Å²) in [4.78, 5) is 2.48. The van der Waals surface area contributed by atoms with Crippen molar-refractivity contribution >= 4 is 11.6 Å². The van der Waals surface area contributed by atoms with Crippen LogP contribution in [0.4, 0.5) is 4.39 Å². The van der Waals surface area contributed by atoms with Crippen molar-refractivity contribution in [3.8, 4) is 0 Å². The van der Waals surface area contributed by atoms with Crippen molar-refractivity contribution in [3.05, 3.63) is 34.6 Å². The second-order valence-corrected chi connectivity index (χ2v) is 7.28. The molecule has 1 heterocycles. The third-order valence-electron chi connectivity index (χ3n) is 4.53. The Bertz CT molecular complexity index is 490. The quantitative estimate of drug-likeness (QED) is 0.901. The van der Waals surface area contributed by atoms with Crippen LogP contribution in [0.15, 0.2) is 18.2 Å². The van der Waals surface area contributed by atoms with Gasteiger partial charge in [-0.25, -0.2) is 4.39 Å². The molecule has 0 aliphatic carbocycles. The van der Waals surface area contributed by atoms with Crippen LogP contribution in [0.1, 0.15) is 39.7 Å². The van der Waals surface area contributed by atoms with Gasteiger partial charge in [-0.3, -0.25) is 4.90 Å². The highest BCUT2D eigenvalue weighted by Crippen LogP contribution is 2.25. The molecule has 1 aromatic rings. The summed E-state index contributed by atoms with van der Waals surface area (Å²) >= 11 is 5.77. The lowest BCUT2D eigenvalue weighted by atomic mass is 9.90. The van der Waals surface area contributed by atoms with Gasteiger partial charge in [0.05, 0.1) is 5.02 Å². The van der Waals surface area contributed by atoms with Gasteiger partial charge in [-0.1, -0.05) is 37.9 Å². The van der Waals surface area contributed by atoms with E-state index in [1.54, 1.807) is 12.1 Å². The van der Waals surface area contributed by atoms with E-state index >= 15 is 0 Å². The van der Waals surface area contributed by atoms with Gasteiger partial charge in [0, 0.05) is 31.2 Å². The summed E-state index contributed by atoms with van der Waals surface area (Å²) in [5.74, 6) is 0.286. The Labute approximate surface area is 132 Å². The van der Waals surface area contributed by atoms with Gasteiger partial charge in [0.1, 0.15) is 5.82 Å². The summed E-state index contributed by atoms with van der Waals surface area (Å²) in [7, 11) is 0. The van der Waals surface area contributed by atoms with Crippen molar-refractivity contribution in [2.45, 2.75) is 52.2 Å². The van der Waals surface area contributed by atoms with E-state index in [1.165, 1.54) is 0 Å². The van der Waals surface area contributed by atoms with Gasteiger partial charge in [-0.15, -0.1) is 0 Å². The zero-order valence-corrected chi connectivity index (χ0v) is 14.2. The van der Waals surface area contributed by atoms with Crippen LogP contribution in [0.3, 0.4) is 0 Å². The lowest BCUT2D eigenvalue weighted by Crippen LogP contribution is -2.62. The molecule has 1 aliphatic heterocycles. The molecule has 0 spiro atoms. The highest BCUT2D eigenvalue weighted by molar-refractivity contribution is 6.30. The van der Waals surface area contributed by atoms with Crippen LogP contribution in [-0.4, -0.2) is 29.6 Å². The van der Waals surface area contributed by atoms with Crippen LogP contribution in [0.25, 0.3) is 0 Å². The number of hydrogen-bond acceptors (Lipinski definition) is 2. The summed E-state index contributed by atoms with van der Waals surface area (Å²) in [5, 5.41) is 3.82. The van der Waals surface area contributed by atoms with Crippen LogP contribution in [0.5, 0.6) is 0 Å². The minimum Gasteiger partial charge on any atom is -0.309 e. The number of piperazine rings is 1. The monoisotopic (exact) mass is 312 g/mol. The second-order valence-electron chi connectivity index (χ2n) is 6.87. The Morgan fingerprint density at radius 2 is 2.19 bits per heavy atom. The molecule has 4 heteroatoms. The molecule has 0 radical (unpaired) electrons. The van der Waals surface area contributed by atoms with Crippen molar-refractivity contribution in [1.82, 2.24) is 10.2 Å². The summed E-state index contributed by atoms with van der Waals surface area (Å²) in [6.07, 6.45) is 1.15. The number of hydrogen-bond donors (Lipinski definition) is 1. The average Bonchev–Trinajstić information content (AvgIpc) is 2.41. The first-order chi connectivity index (χ1) is 9.82. The van der Waals surface area contributed by atoms with Gasteiger partial charge in [0.25, 0.3) is 0 Å². The zero-order valence-electron chi connectivity index (χ0n) is 13.4. The summed E-state index contributed by atoms with van der Waals surface area (Å²) in [6, 6.07) is 5.62. The molecule has 2 atom stereocenters. The van der Waals surface area contributed by atoms with E-state index < -0.39 is 0 Å². The predicted molar refractivity (Wildman–Crippen MR) is 87.1 cm³/mol. The molecule has 1 N–H and O–H groups in total. The second kappa shape index (κ2) is 6.64. The lowest BCUT2D eigenvalue weighted by Gasteiger charge is -2.47. The first kappa shape index (κ1) is 16.7. The molecule has 118 valence electrons. The minimum atomic E-state index is -0.330. The highest BCUT2D eigenvalue weighted by Gasteiger charge is 2.34. The van der Waals surface area contributed by atoms with Crippen LogP contribution in [0.2, 0.25) is 5.02 Å². The third kappa shape index (κ3) is 4.18. The first-order valence-electron chi connectivity index (χ1n) is 7.75. The topological polar surface area (TPSA) is 15.3 Å². The van der Waals surface area contributed by atoms with Crippen LogP contribution in [-0.2, 0) is 6.54 Å². The molecule has 0 saturated carbocycles. The van der Waals surface area contributed by atoms with Gasteiger partial charge in [0.15, 0.2) is 0 Å². The fraction of sp³-hybridized carbons (Fsp3) is 0.647. The van der Waals surface area contributed by atoms with Crippen molar-refractivity contribution < 1.29 is 4.39 Å². The Kier molecular flexibility index (Phi) is 5.29. The Hall–Kier alpha value is -0.640. The smallest absolute Gasteiger partial charge is 0.142 e. The molecule has 2 unspecified atom stereocenters. The zero-order chi connectivity index (χ0) is 15.6. The standard InChI is InChI=1S/C17H26ClFN2/c1-5-12(2)16-9-20-17(3,4)11-21(16)10-13-6-7-14(18)15(19)8-13/h6-8,12,16,20H,5,9-11H2,1-4H3. The third-order valence-corrected chi connectivity index (χ3v) is 4.83. The summed E-state index contributed by atoms with van der Waals surface area (Å²) < 4.78 is 13.6. The number of nitrogens with one attached hydrogen (secondary N) is 1. The van der Waals surface area contributed by atoms with Crippen molar-refractivity contribution in [1.29, 1.82) is 0 Å². The molecule has 1 aliphatic rings. The van der Waals surface area contributed by atoms with Gasteiger partial charge in [-0.05, 0) is 37.5 Å². The van der Waals surface area contributed by atoms with E-state index in [4.69, 9.17) is 11.6 Å². The first-order valence-corrected chi connectivity index (χ1v) is 8.13. The van der Waals surface area contributed by atoms with Crippen LogP contribution < -0.4 is 5.32 Å². The van der Waals surface area contributed by atoms with Crippen LogP contribution in [0, 0.1) is 11.7 Å². The molecular formula is C17H26ClFN2. The largest absolute Gasteiger partial charge is 0.309 e. The molecular weight excluding hydrogens is 287 g/mol. The predicted octanol–water partition coefficient (Wildman–Crippen LogP) is 4.08. The van der Waals surface area contributed by atoms with E-state index in [2.05, 4.69) is 37.9 Å². The number of benzene rings is 1. The normalized spacial score (nSPS) is 24.0. The Balaban J connectivity index is 2.17. The molecule has 21 heavy (non-hydrogen) atoms. The van der Waals surface area contributed by atoms with E-state index in [0.29, 0.717) is 12.0 Å². The molecule has 1 fully saturated rings. The fourth-order valence-corrected chi connectivity index (χ4v) is 3.19. The molecule has 2 nitrogen and oxygen atoms in total. The number of rotatable bonds is 4. The van der Waals surface area contributed by atoms with Crippen molar-refractivity contribution in [2.24, 2.45) is 5.92 Å². The number of nitrogens with zero attached hydrogens (tertiary/aromatic N) is 1. The molecule has 2 rings (SSSR count). The fourth-order valence-electron chi connectivity index (χ4n) is 3.07. The molecule has 1 saturated heterocycles. The van der Waals surface area contributed by atoms with Gasteiger partial charge < -0.3 is 5.32 Å². The molecule has 0 aromatic heterocycles. The van der Waals surface area contributed by atoms with Gasteiger partial charge >= 0.3 is 0 Å². The summed E-state index contributed by atoms with van der Waals surface area (Å²) in [6.45, 7) is 11.7. The van der Waals surface area contributed by atoms with Crippen molar-refractivity contribution in [3.63, 3.8) is 0 Å². The van der Waals surface area contributed by atoms with Crippen LogP contribution >= 0.6 is 11.6 Å². The van der Waals surface area contributed by atoms with E-state index in [0.717, 1.165) is 31.6 Å². The minimum absolute atomic E-state index is 0.0922. The molecule has 0 amide bonds. The van der Waals surface area contributed by atoms with Gasteiger partial charge in [0.2, 0.25) is 0 Å². The maximum atomic E-state index is 13.6. The van der Waals surface area contributed by atoms with E-state index in [1.807, 2.05) is 6.07 Å². The summed E-state index contributed by atoms with van der Waals surface area (Å²) in [5.41, 5.74) is 1.08. The molecule has 1 aromatic carbocycles. The maximum absolute atomic E-state index is 13.6. The SMILES string of the molecule is CCC(C)C1CNC(C)(C)CN1Cc1ccc(Cl)c(F)c1. The Morgan fingerprint density at radius 1 is 1.48 bits per heavy atom. The lowest BCUT2D eigenvalue weighted by molar-refractivity contribution is 0.0571. The van der Waals surface area contributed by atoms with E-state index in [9.17, 15) is 4.39 Å². The average molecular weight is 313 g/mol. The molecule has 0 bridgehead atoms. The number of halogens is 2. The maximum Gasteiger partial charge on any atom is 0.142 e. The Morgan fingerprint density at radius 3 is 2.81 bits per heavy atom.